The van der Waals surface area contributed by atoms with Gasteiger partial charge < -0.3 is 33.2 Å². The molecule has 5 rings (SSSR count). The normalized spacial score (nSPS) is 12.0. The molecule has 0 saturated carbocycles. The molecule has 4 aromatic rings. The van der Waals surface area contributed by atoms with Gasteiger partial charge in [-0.15, -0.1) is 0 Å². The van der Waals surface area contributed by atoms with E-state index in [0.29, 0.717) is 53.4 Å². The highest BCUT2D eigenvalue weighted by atomic mass is 35.5. The fourth-order valence-electron chi connectivity index (χ4n) is 4.67. The van der Waals surface area contributed by atoms with Crippen LogP contribution in [0.15, 0.2) is 54.7 Å². The number of ether oxygens (including phenoxy) is 5. The van der Waals surface area contributed by atoms with Crippen LogP contribution in [0.1, 0.15) is 19.4 Å². The van der Waals surface area contributed by atoms with E-state index in [1.807, 2.05) is 62.5 Å². The van der Waals surface area contributed by atoms with Crippen molar-refractivity contribution in [3.05, 3.63) is 65.3 Å². The Kier molecular flexibility index (Phi) is 7.24. The molecule has 0 fully saturated rings. The lowest BCUT2D eigenvalue weighted by atomic mass is 10.00. The maximum atomic E-state index is 12.9. The molecule has 0 bridgehead atoms. The van der Waals surface area contributed by atoms with Gasteiger partial charge in [-0.1, -0.05) is 17.7 Å². The van der Waals surface area contributed by atoms with Crippen molar-refractivity contribution in [2.24, 2.45) is 0 Å². The Balaban J connectivity index is 1.61. The summed E-state index contributed by atoms with van der Waals surface area (Å²) in [5.41, 5.74) is 3.46. The SMILES string of the molecule is CCN(CC)C(=O)Oc1ccc2c(ccn2Cc2cc3c(cc2Cl)OCO3)c1-c1ccc(OC)c(OC)c1. The lowest BCUT2D eigenvalue weighted by Gasteiger charge is -2.20. The average molecular weight is 537 g/mol. The first kappa shape index (κ1) is 25.6. The van der Waals surface area contributed by atoms with Crippen molar-refractivity contribution >= 4 is 28.6 Å². The molecule has 38 heavy (non-hydrogen) atoms. The Bertz CT molecular complexity index is 1490. The van der Waals surface area contributed by atoms with Crippen LogP contribution in [0.3, 0.4) is 0 Å². The van der Waals surface area contributed by atoms with E-state index in [1.165, 1.54) is 0 Å². The van der Waals surface area contributed by atoms with E-state index < -0.39 is 6.09 Å². The maximum Gasteiger partial charge on any atom is 0.415 e. The largest absolute Gasteiger partial charge is 0.493 e. The number of carbonyl (C=O) groups excluding carboxylic acids is 1. The second kappa shape index (κ2) is 10.8. The first-order valence-electron chi connectivity index (χ1n) is 12.4. The van der Waals surface area contributed by atoms with E-state index in [0.717, 1.165) is 27.6 Å². The summed E-state index contributed by atoms with van der Waals surface area (Å²) in [6.45, 7) is 5.65. The summed E-state index contributed by atoms with van der Waals surface area (Å²) in [6, 6.07) is 15.1. The van der Waals surface area contributed by atoms with Crippen molar-refractivity contribution < 1.29 is 28.5 Å². The molecule has 0 radical (unpaired) electrons. The Hall–Kier alpha value is -4.04. The van der Waals surface area contributed by atoms with Crippen LogP contribution in [0.2, 0.25) is 5.02 Å². The van der Waals surface area contributed by atoms with Crippen molar-refractivity contribution in [1.29, 1.82) is 0 Å². The molecule has 0 saturated heterocycles. The fourth-order valence-corrected chi connectivity index (χ4v) is 4.88. The van der Waals surface area contributed by atoms with E-state index in [1.54, 1.807) is 25.2 Å². The number of rotatable bonds is 8. The zero-order valence-corrected chi connectivity index (χ0v) is 22.5. The molecule has 0 unspecified atom stereocenters. The number of hydrogen-bond acceptors (Lipinski definition) is 6. The van der Waals surface area contributed by atoms with Gasteiger partial charge in [0.15, 0.2) is 23.0 Å². The molecule has 0 aliphatic carbocycles. The van der Waals surface area contributed by atoms with Crippen molar-refractivity contribution in [2.45, 2.75) is 20.4 Å². The summed E-state index contributed by atoms with van der Waals surface area (Å²) >= 11 is 6.57. The molecule has 1 aromatic heterocycles. The fraction of sp³-hybridized carbons (Fsp3) is 0.276. The second-order valence-electron chi connectivity index (χ2n) is 8.72. The van der Waals surface area contributed by atoms with Crippen LogP contribution in [-0.2, 0) is 6.54 Å². The third-order valence-corrected chi connectivity index (χ3v) is 7.04. The van der Waals surface area contributed by atoms with Crippen LogP contribution in [0.5, 0.6) is 28.7 Å². The first-order chi connectivity index (χ1) is 18.5. The number of benzene rings is 3. The summed E-state index contributed by atoms with van der Waals surface area (Å²) in [6.07, 6.45) is 1.59. The monoisotopic (exact) mass is 536 g/mol. The number of fused-ring (bicyclic) bond motifs is 2. The van der Waals surface area contributed by atoms with Gasteiger partial charge >= 0.3 is 6.09 Å². The molecule has 0 N–H and O–H groups in total. The van der Waals surface area contributed by atoms with Gasteiger partial charge in [0.1, 0.15) is 5.75 Å². The highest BCUT2D eigenvalue weighted by Gasteiger charge is 2.21. The number of methoxy groups -OCH3 is 2. The van der Waals surface area contributed by atoms with Crippen LogP contribution in [-0.4, -0.2) is 49.7 Å². The van der Waals surface area contributed by atoms with Gasteiger partial charge in [-0.3, -0.25) is 0 Å². The highest BCUT2D eigenvalue weighted by Crippen LogP contribution is 2.42. The number of carbonyl (C=O) groups is 1. The van der Waals surface area contributed by atoms with Crippen LogP contribution >= 0.6 is 11.6 Å². The zero-order chi connectivity index (χ0) is 26.8. The summed E-state index contributed by atoms with van der Waals surface area (Å²) in [5, 5.41) is 1.51. The van der Waals surface area contributed by atoms with Gasteiger partial charge in [-0.25, -0.2) is 4.79 Å². The Morgan fingerprint density at radius 1 is 0.947 bits per heavy atom. The summed E-state index contributed by atoms with van der Waals surface area (Å²) < 4.78 is 30.0. The van der Waals surface area contributed by atoms with Gasteiger partial charge in [0.25, 0.3) is 0 Å². The van der Waals surface area contributed by atoms with Crippen molar-refractivity contribution in [3.8, 4) is 39.9 Å². The lowest BCUT2D eigenvalue weighted by Crippen LogP contribution is -2.33. The van der Waals surface area contributed by atoms with Crippen molar-refractivity contribution in [3.63, 3.8) is 0 Å². The van der Waals surface area contributed by atoms with E-state index >= 15 is 0 Å². The third-order valence-electron chi connectivity index (χ3n) is 6.69. The first-order valence-corrected chi connectivity index (χ1v) is 12.7. The second-order valence-corrected chi connectivity index (χ2v) is 9.13. The Labute approximate surface area is 226 Å². The van der Waals surface area contributed by atoms with E-state index in [9.17, 15) is 4.79 Å². The number of halogens is 1. The Morgan fingerprint density at radius 2 is 1.66 bits per heavy atom. The molecule has 198 valence electrons. The molecule has 0 spiro atoms. The van der Waals surface area contributed by atoms with Crippen LogP contribution in [0.4, 0.5) is 4.79 Å². The minimum Gasteiger partial charge on any atom is -0.493 e. The molecule has 1 amide bonds. The van der Waals surface area contributed by atoms with Gasteiger partial charge in [-0.2, -0.15) is 0 Å². The molecule has 2 heterocycles. The summed E-state index contributed by atoms with van der Waals surface area (Å²) in [7, 11) is 3.19. The lowest BCUT2D eigenvalue weighted by molar-refractivity contribution is 0.157. The maximum absolute atomic E-state index is 12.9. The highest BCUT2D eigenvalue weighted by molar-refractivity contribution is 6.31. The number of amides is 1. The standard InChI is InChI=1S/C29H29ClN2O6/c1-5-31(6-2)29(33)38-24-10-8-22-20(28(24)18-7-9-23(34-3)25(13-18)35-4)11-12-32(22)16-19-14-26-27(15-21(19)30)37-17-36-26/h7-15H,5-6,16-17H2,1-4H3. The zero-order valence-electron chi connectivity index (χ0n) is 21.7. The summed E-state index contributed by atoms with van der Waals surface area (Å²) in [5.74, 6) is 2.97. The minimum absolute atomic E-state index is 0.186. The number of nitrogens with zero attached hydrogens (tertiary/aromatic N) is 2. The third kappa shape index (κ3) is 4.67. The van der Waals surface area contributed by atoms with Gasteiger partial charge in [0.2, 0.25) is 6.79 Å². The van der Waals surface area contributed by atoms with Crippen LogP contribution in [0.25, 0.3) is 22.0 Å². The van der Waals surface area contributed by atoms with Gasteiger partial charge in [-0.05, 0) is 61.4 Å². The topological polar surface area (TPSA) is 71.4 Å². The molecule has 1 aliphatic rings. The number of hydrogen-bond donors (Lipinski definition) is 0. The van der Waals surface area contributed by atoms with E-state index in [4.69, 9.17) is 35.3 Å². The van der Waals surface area contributed by atoms with Crippen LogP contribution < -0.4 is 23.7 Å². The molecule has 8 nitrogen and oxygen atoms in total. The molecule has 9 heteroatoms. The summed E-state index contributed by atoms with van der Waals surface area (Å²) in [4.78, 5) is 14.5. The molecule has 3 aromatic carbocycles. The number of aromatic nitrogens is 1. The minimum atomic E-state index is -0.400. The quantitative estimate of drug-likeness (QED) is 0.253. The van der Waals surface area contributed by atoms with Crippen molar-refractivity contribution in [1.82, 2.24) is 9.47 Å². The van der Waals surface area contributed by atoms with Crippen LogP contribution in [0, 0.1) is 0 Å². The van der Waals surface area contributed by atoms with E-state index in [-0.39, 0.29) is 6.79 Å². The molecule has 1 aliphatic heterocycles. The van der Waals surface area contributed by atoms with Crippen molar-refractivity contribution in [2.75, 3.05) is 34.1 Å². The predicted molar refractivity (Wildman–Crippen MR) is 146 cm³/mol. The van der Waals surface area contributed by atoms with Gasteiger partial charge in [0, 0.05) is 53.4 Å². The van der Waals surface area contributed by atoms with Gasteiger partial charge in [0.05, 0.1) is 14.2 Å². The molecular formula is C29H29ClN2O6. The van der Waals surface area contributed by atoms with E-state index in [2.05, 4.69) is 4.57 Å². The Morgan fingerprint density at radius 3 is 2.37 bits per heavy atom. The smallest absolute Gasteiger partial charge is 0.415 e. The predicted octanol–water partition coefficient (Wildman–Crippen LogP) is 6.60. The average Bonchev–Trinajstić information content (AvgIpc) is 3.55. The molecule has 0 atom stereocenters. The molecular weight excluding hydrogens is 508 g/mol.